The van der Waals surface area contributed by atoms with E-state index in [1.165, 1.54) is 4.68 Å². The molecule has 0 radical (unpaired) electrons. The largest absolute Gasteiger partial charge is 0.326 e. The first-order valence-corrected chi connectivity index (χ1v) is 7.92. The predicted octanol–water partition coefficient (Wildman–Crippen LogP) is 0.863. The number of benzene rings is 1. The third kappa shape index (κ3) is 3.82. The van der Waals surface area contributed by atoms with Crippen LogP contribution < -0.4 is 10.5 Å². The number of aromatic nitrogens is 2. The molecule has 108 valence electrons. The van der Waals surface area contributed by atoms with Crippen LogP contribution in [0.2, 0.25) is 0 Å². The number of hydrogen-bond donors (Lipinski definition) is 2. The van der Waals surface area contributed by atoms with Crippen molar-refractivity contribution in [1.29, 1.82) is 0 Å². The summed E-state index contributed by atoms with van der Waals surface area (Å²) in [6.45, 7) is 0.240. The molecule has 0 aliphatic heterocycles. The fraction of sp³-hybridized carbons (Fsp3) is 0.308. The van der Waals surface area contributed by atoms with Crippen LogP contribution in [0.15, 0.2) is 36.5 Å². The molecule has 2 rings (SSSR count). The molecule has 1 aromatic carbocycles. The molecule has 1 heterocycles. The number of hydrogen-bond acceptors (Lipinski definition) is 4. The smallest absolute Gasteiger partial charge is 0.234 e. The minimum absolute atomic E-state index is 0.0115. The molecule has 0 saturated carbocycles. The quantitative estimate of drug-likeness (QED) is 0.827. The monoisotopic (exact) mass is 294 g/mol. The number of nitrogens with zero attached hydrogens (tertiary/aromatic N) is 2. The Balaban J connectivity index is 2.04. The van der Waals surface area contributed by atoms with Gasteiger partial charge in [-0.2, -0.15) is 5.10 Å². The normalized spacial score (nSPS) is 11.5. The molecule has 0 aliphatic rings. The van der Waals surface area contributed by atoms with Crippen LogP contribution >= 0.6 is 0 Å². The summed E-state index contributed by atoms with van der Waals surface area (Å²) >= 11 is 0. The minimum Gasteiger partial charge on any atom is -0.326 e. The van der Waals surface area contributed by atoms with Gasteiger partial charge in [0.25, 0.3) is 0 Å². The lowest BCUT2D eigenvalue weighted by Crippen LogP contribution is -2.19. The molecular weight excluding hydrogens is 276 g/mol. The molecule has 6 nitrogen and oxygen atoms in total. The van der Waals surface area contributed by atoms with E-state index in [4.69, 9.17) is 5.73 Å². The molecule has 0 aliphatic carbocycles. The number of nitrogens with one attached hydrogen (secondary N) is 1. The molecule has 0 unspecified atom stereocenters. The highest BCUT2D eigenvalue weighted by Gasteiger charge is 2.15. The van der Waals surface area contributed by atoms with Gasteiger partial charge < -0.3 is 5.73 Å². The Hall–Kier alpha value is -1.86. The van der Waals surface area contributed by atoms with Crippen LogP contribution in [-0.2, 0) is 30.0 Å². The maximum atomic E-state index is 12.0. The van der Waals surface area contributed by atoms with Crippen LogP contribution in [0.4, 0.5) is 5.82 Å². The first-order chi connectivity index (χ1) is 9.50. The molecule has 2 aromatic rings. The summed E-state index contributed by atoms with van der Waals surface area (Å²) in [5.74, 6) is 0.320. The van der Waals surface area contributed by atoms with Gasteiger partial charge in [-0.25, -0.2) is 8.42 Å². The predicted molar refractivity (Wildman–Crippen MR) is 78.7 cm³/mol. The molecule has 7 heteroatoms. The molecule has 0 bridgehead atoms. The summed E-state index contributed by atoms with van der Waals surface area (Å²) in [6.07, 6.45) is 2.16. The van der Waals surface area contributed by atoms with Crippen molar-refractivity contribution in [3.8, 4) is 0 Å². The van der Waals surface area contributed by atoms with Gasteiger partial charge in [0.05, 0.1) is 5.75 Å². The summed E-state index contributed by atoms with van der Waals surface area (Å²) < 4.78 is 28.1. The second-order valence-electron chi connectivity index (χ2n) is 4.54. The average molecular weight is 294 g/mol. The third-order valence-electron chi connectivity index (χ3n) is 2.88. The summed E-state index contributed by atoms with van der Waals surface area (Å²) in [4.78, 5) is 0. The second-order valence-corrected chi connectivity index (χ2v) is 6.38. The zero-order chi connectivity index (χ0) is 14.6. The first-order valence-electron chi connectivity index (χ1n) is 6.27. The van der Waals surface area contributed by atoms with Gasteiger partial charge in [-0.05, 0) is 12.0 Å². The van der Waals surface area contributed by atoms with E-state index in [-0.39, 0.29) is 12.3 Å². The van der Waals surface area contributed by atoms with E-state index >= 15 is 0 Å². The van der Waals surface area contributed by atoms with E-state index in [1.54, 1.807) is 13.2 Å². The van der Waals surface area contributed by atoms with Gasteiger partial charge in [-0.15, -0.1) is 0 Å². The fourth-order valence-corrected chi connectivity index (χ4v) is 2.94. The third-order valence-corrected chi connectivity index (χ3v) is 4.12. The highest BCUT2D eigenvalue weighted by atomic mass is 32.2. The zero-order valence-corrected chi connectivity index (χ0v) is 12.1. The Bertz CT molecular complexity index is 665. The van der Waals surface area contributed by atoms with Crippen molar-refractivity contribution in [2.45, 2.75) is 13.0 Å². The van der Waals surface area contributed by atoms with Crippen molar-refractivity contribution in [2.75, 3.05) is 10.5 Å². The Morgan fingerprint density at radius 1 is 1.30 bits per heavy atom. The van der Waals surface area contributed by atoms with Gasteiger partial charge >= 0.3 is 0 Å². The van der Waals surface area contributed by atoms with E-state index in [1.807, 2.05) is 30.3 Å². The Labute approximate surface area is 118 Å². The van der Waals surface area contributed by atoms with E-state index in [9.17, 15) is 8.42 Å². The number of rotatable bonds is 6. The molecular formula is C13H18N4O2S. The molecule has 20 heavy (non-hydrogen) atoms. The van der Waals surface area contributed by atoms with Crippen LogP contribution in [0.25, 0.3) is 0 Å². The van der Waals surface area contributed by atoms with E-state index < -0.39 is 10.0 Å². The lowest BCUT2D eigenvalue weighted by Gasteiger charge is -2.07. The van der Waals surface area contributed by atoms with E-state index in [0.717, 1.165) is 5.56 Å². The lowest BCUT2D eigenvalue weighted by molar-refractivity contribution is 0.600. The van der Waals surface area contributed by atoms with Crippen LogP contribution in [0.1, 0.15) is 11.1 Å². The van der Waals surface area contributed by atoms with Gasteiger partial charge in [0.15, 0.2) is 5.82 Å². The molecule has 0 spiro atoms. The van der Waals surface area contributed by atoms with Gasteiger partial charge in [0.2, 0.25) is 10.0 Å². The lowest BCUT2D eigenvalue weighted by atomic mass is 10.2. The minimum atomic E-state index is -3.43. The Morgan fingerprint density at radius 2 is 2.00 bits per heavy atom. The van der Waals surface area contributed by atoms with Crippen molar-refractivity contribution in [1.82, 2.24) is 9.78 Å². The van der Waals surface area contributed by atoms with Crippen molar-refractivity contribution in [3.63, 3.8) is 0 Å². The topological polar surface area (TPSA) is 90.0 Å². The average Bonchev–Trinajstić information content (AvgIpc) is 2.77. The van der Waals surface area contributed by atoms with Gasteiger partial charge in [0.1, 0.15) is 0 Å². The molecule has 1 aromatic heterocycles. The van der Waals surface area contributed by atoms with Crippen molar-refractivity contribution < 1.29 is 8.42 Å². The summed E-state index contributed by atoms with van der Waals surface area (Å²) in [5, 5.41) is 4.07. The van der Waals surface area contributed by atoms with Gasteiger partial charge in [-0.3, -0.25) is 9.40 Å². The second kappa shape index (κ2) is 6.06. The van der Waals surface area contributed by atoms with Crippen molar-refractivity contribution in [3.05, 3.63) is 47.7 Å². The van der Waals surface area contributed by atoms with Crippen LogP contribution in [0.5, 0.6) is 0 Å². The van der Waals surface area contributed by atoms with Crippen molar-refractivity contribution in [2.24, 2.45) is 12.8 Å². The maximum Gasteiger partial charge on any atom is 0.234 e. The number of nitrogens with two attached hydrogens (primary N) is 1. The van der Waals surface area contributed by atoms with Gasteiger partial charge in [-0.1, -0.05) is 30.3 Å². The highest BCUT2D eigenvalue weighted by Crippen LogP contribution is 2.14. The van der Waals surface area contributed by atoms with E-state index in [0.29, 0.717) is 17.8 Å². The van der Waals surface area contributed by atoms with Crippen LogP contribution in [-0.4, -0.2) is 24.0 Å². The SMILES string of the molecule is Cn1cc(CN)c(NS(=O)(=O)CCc2ccccc2)n1. The summed E-state index contributed by atoms with van der Waals surface area (Å²) in [6, 6.07) is 9.49. The van der Waals surface area contributed by atoms with Crippen molar-refractivity contribution >= 4 is 15.8 Å². The summed E-state index contributed by atoms with van der Waals surface area (Å²) in [5.41, 5.74) is 7.22. The molecule has 0 atom stereocenters. The highest BCUT2D eigenvalue weighted by molar-refractivity contribution is 7.92. The first kappa shape index (κ1) is 14.5. The Kier molecular flexibility index (Phi) is 4.41. The molecule has 0 amide bonds. The van der Waals surface area contributed by atoms with Crippen LogP contribution in [0.3, 0.4) is 0 Å². The fourth-order valence-electron chi connectivity index (χ4n) is 1.87. The standard InChI is InChI=1S/C13H18N4O2S/c1-17-10-12(9-14)13(15-17)16-20(18,19)8-7-11-5-3-2-4-6-11/h2-6,10H,7-9,14H2,1H3,(H,15,16). The number of aryl methyl sites for hydroxylation is 2. The Morgan fingerprint density at radius 3 is 2.65 bits per heavy atom. The number of sulfonamides is 1. The number of anilines is 1. The zero-order valence-electron chi connectivity index (χ0n) is 11.3. The molecule has 0 saturated heterocycles. The van der Waals surface area contributed by atoms with Gasteiger partial charge in [0, 0.05) is 25.4 Å². The molecule has 3 N–H and O–H groups in total. The van der Waals surface area contributed by atoms with Crippen LogP contribution in [0, 0.1) is 0 Å². The maximum absolute atomic E-state index is 12.0. The summed E-state index contributed by atoms with van der Waals surface area (Å²) in [7, 11) is -1.71. The molecule has 0 fully saturated rings. The van der Waals surface area contributed by atoms with E-state index in [2.05, 4.69) is 9.82 Å².